The summed E-state index contributed by atoms with van der Waals surface area (Å²) in [6, 6.07) is 18.0. The fourth-order valence-electron chi connectivity index (χ4n) is 4.88. The van der Waals surface area contributed by atoms with E-state index < -0.39 is 0 Å². The Kier molecular flexibility index (Phi) is 6.33. The predicted molar refractivity (Wildman–Crippen MR) is 153 cm³/mol. The highest BCUT2D eigenvalue weighted by Crippen LogP contribution is 2.35. The topological polar surface area (TPSA) is 57.9 Å². The summed E-state index contributed by atoms with van der Waals surface area (Å²) in [5.41, 5.74) is 4.85. The van der Waals surface area contributed by atoms with E-state index in [0.29, 0.717) is 39.3 Å². The van der Waals surface area contributed by atoms with Crippen molar-refractivity contribution in [2.45, 2.75) is 26.4 Å². The van der Waals surface area contributed by atoms with Crippen LogP contribution in [0.1, 0.15) is 27.8 Å². The summed E-state index contributed by atoms with van der Waals surface area (Å²) < 4.78 is 15.3. The van der Waals surface area contributed by atoms with Crippen LogP contribution in [0.15, 0.2) is 76.6 Å². The molecular weight excluding hydrogens is 519 g/mol. The van der Waals surface area contributed by atoms with Gasteiger partial charge in [0.05, 0.1) is 17.0 Å². The van der Waals surface area contributed by atoms with Crippen molar-refractivity contribution in [2.24, 2.45) is 0 Å². The molecule has 0 bridgehead atoms. The second-order valence-electron chi connectivity index (χ2n) is 9.37. The van der Waals surface area contributed by atoms with Crippen LogP contribution in [-0.4, -0.2) is 31.1 Å². The second-order valence-corrected chi connectivity index (χ2v) is 11.0. The highest BCUT2D eigenvalue weighted by molar-refractivity contribution is 8.26. The number of benzene rings is 2. The zero-order valence-corrected chi connectivity index (χ0v) is 22.2. The normalized spacial score (nSPS) is 16.5. The number of thioether (sulfide) groups is 1. The third-order valence-electron chi connectivity index (χ3n) is 6.90. The maximum atomic E-state index is 13.8. The van der Waals surface area contributed by atoms with Crippen LogP contribution < -0.4 is 10.5 Å². The number of carbonyl (C=O) groups excluding carboxylic acids is 1. The van der Waals surface area contributed by atoms with Crippen LogP contribution in [0.5, 0.6) is 0 Å². The van der Waals surface area contributed by atoms with E-state index >= 15 is 0 Å². The van der Waals surface area contributed by atoms with E-state index in [1.54, 1.807) is 24.4 Å². The molecule has 0 radical (unpaired) electrons. The van der Waals surface area contributed by atoms with Gasteiger partial charge in [-0.3, -0.25) is 18.9 Å². The quantitative estimate of drug-likeness (QED) is 0.264. The molecule has 6 rings (SSSR count). The van der Waals surface area contributed by atoms with Gasteiger partial charge in [-0.1, -0.05) is 66.4 Å². The largest absolute Gasteiger partial charge is 0.351 e. The summed E-state index contributed by atoms with van der Waals surface area (Å²) >= 11 is 6.67. The molecule has 2 aromatic heterocycles. The minimum Gasteiger partial charge on any atom is -0.351 e. The third kappa shape index (κ3) is 4.41. The summed E-state index contributed by atoms with van der Waals surface area (Å²) in [5.74, 6) is -0.0676. The molecule has 2 aliphatic rings. The predicted octanol–water partition coefficient (Wildman–Crippen LogP) is 5.11. The van der Waals surface area contributed by atoms with Crippen molar-refractivity contribution in [3.63, 3.8) is 0 Å². The average molecular weight is 543 g/mol. The number of nitrogens with zero attached hydrogens (tertiary/aromatic N) is 4. The smallest absolute Gasteiger partial charge is 0.267 e. The van der Waals surface area contributed by atoms with Crippen molar-refractivity contribution in [1.82, 2.24) is 14.3 Å². The summed E-state index contributed by atoms with van der Waals surface area (Å²) in [4.78, 5) is 36.1. The SMILES string of the molecule is Cc1cccn2c(=O)c(/C=C3\SC(=S)N(Cc4ccc(F)cc4)C3=O)c(N3CCc4ccccc4C3)nc12. The first-order valence-electron chi connectivity index (χ1n) is 12.2. The number of rotatable bonds is 4. The molecule has 6 nitrogen and oxygen atoms in total. The van der Waals surface area contributed by atoms with E-state index in [1.165, 1.54) is 32.6 Å². The lowest BCUT2D eigenvalue weighted by Crippen LogP contribution is -2.34. The Morgan fingerprint density at radius 1 is 1.05 bits per heavy atom. The summed E-state index contributed by atoms with van der Waals surface area (Å²) in [7, 11) is 0. The number of fused-ring (bicyclic) bond motifs is 2. The van der Waals surface area contributed by atoms with E-state index in [1.807, 2.05) is 31.2 Å². The van der Waals surface area contributed by atoms with E-state index in [-0.39, 0.29) is 23.8 Å². The number of hydrogen-bond donors (Lipinski definition) is 0. The number of aromatic nitrogens is 2. The van der Waals surface area contributed by atoms with Gasteiger partial charge >= 0.3 is 0 Å². The number of amides is 1. The third-order valence-corrected chi connectivity index (χ3v) is 8.28. The van der Waals surface area contributed by atoms with Gasteiger partial charge in [0.25, 0.3) is 11.5 Å². The lowest BCUT2D eigenvalue weighted by Gasteiger charge is -2.31. The molecule has 0 N–H and O–H groups in total. The van der Waals surface area contributed by atoms with Crippen LogP contribution in [0.2, 0.25) is 0 Å². The molecule has 1 saturated heterocycles. The first kappa shape index (κ1) is 24.5. The van der Waals surface area contributed by atoms with Gasteiger partial charge in [0.1, 0.15) is 21.6 Å². The van der Waals surface area contributed by atoms with Crippen molar-refractivity contribution < 1.29 is 9.18 Å². The molecular formula is C29H23FN4O2S2. The highest BCUT2D eigenvalue weighted by Gasteiger charge is 2.33. The molecule has 2 aromatic carbocycles. The molecule has 190 valence electrons. The lowest BCUT2D eigenvalue weighted by molar-refractivity contribution is -0.122. The van der Waals surface area contributed by atoms with E-state index in [9.17, 15) is 14.0 Å². The lowest BCUT2D eigenvalue weighted by atomic mass is 9.99. The van der Waals surface area contributed by atoms with Gasteiger partial charge in [0, 0.05) is 19.3 Å². The van der Waals surface area contributed by atoms with Gasteiger partial charge < -0.3 is 4.90 Å². The minimum atomic E-state index is -0.341. The van der Waals surface area contributed by atoms with Gasteiger partial charge in [-0.25, -0.2) is 9.37 Å². The van der Waals surface area contributed by atoms with Crippen LogP contribution in [-0.2, 0) is 24.3 Å². The Labute approximate surface area is 228 Å². The number of pyridine rings is 1. The van der Waals surface area contributed by atoms with Crippen molar-refractivity contribution >= 4 is 51.7 Å². The van der Waals surface area contributed by atoms with E-state index in [4.69, 9.17) is 17.2 Å². The minimum absolute atomic E-state index is 0.228. The number of carbonyl (C=O) groups is 1. The van der Waals surface area contributed by atoms with Gasteiger partial charge in [0.2, 0.25) is 0 Å². The summed E-state index contributed by atoms with van der Waals surface area (Å²) in [6.07, 6.45) is 4.16. The molecule has 4 heterocycles. The van der Waals surface area contributed by atoms with Crippen LogP contribution in [0, 0.1) is 12.7 Å². The van der Waals surface area contributed by atoms with Crippen LogP contribution in [0.3, 0.4) is 0 Å². The zero-order valence-electron chi connectivity index (χ0n) is 20.6. The number of halogens is 1. The Bertz CT molecular complexity index is 1700. The van der Waals surface area contributed by atoms with Gasteiger partial charge in [-0.15, -0.1) is 0 Å². The van der Waals surface area contributed by atoms with Crippen LogP contribution in [0.4, 0.5) is 10.2 Å². The monoisotopic (exact) mass is 542 g/mol. The van der Waals surface area contributed by atoms with Crippen molar-refractivity contribution in [3.8, 4) is 0 Å². The molecule has 1 amide bonds. The summed E-state index contributed by atoms with van der Waals surface area (Å²) in [6.45, 7) is 3.48. The summed E-state index contributed by atoms with van der Waals surface area (Å²) in [5, 5.41) is 0. The first-order chi connectivity index (χ1) is 18.4. The number of anilines is 1. The molecule has 0 unspecified atom stereocenters. The number of thiocarbonyl (C=S) groups is 1. The fraction of sp³-hybridized carbons (Fsp3) is 0.172. The van der Waals surface area contributed by atoms with Crippen LogP contribution in [0.25, 0.3) is 11.7 Å². The average Bonchev–Trinajstić information content (AvgIpc) is 3.18. The van der Waals surface area contributed by atoms with Crippen molar-refractivity contribution in [3.05, 3.63) is 116 Å². The Morgan fingerprint density at radius 2 is 1.82 bits per heavy atom. The standard InChI is InChI=1S/C29H23FN4O2S2/c1-18-5-4-13-33-25(18)31-26(32-14-12-20-6-2-3-7-21(20)17-32)23(27(33)35)15-24-28(36)34(29(37)38-24)16-19-8-10-22(30)11-9-19/h2-11,13,15H,12,14,16-17H2,1H3/b24-15-. The molecule has 2 aliphatic heterocycles. The molecule has 0 aliphatic carbocycles. The fourth-order valence-corrected chi connectivity index (χ4v) is 6.12. The molecule has 38 heavy (non-hydrogen) atoms. The molecule has 9 heteroatoms. The highest BCUT2D eigenvalue weighted by atomic mass is 32.2. The molecule has 4 aromatic rings. The van der Waals surface area contributed by atoms with Crippen LogP contribution >= 0.6 is 24.0 Å². The number of aryl methyl sites for hydroxylation is 1. The van der Waals surface area contributed by atoms with Gasteiger partial charge in [0.15, 0.2) is 0 Å². The Hall–Kier alpha value is -3.82. The van der Waals surface area contributed by atoms with Crippen molar-refractivity contribution in [2.75, 3.05) is 11.4 Å². The molecule has 1 fully saturated rings. The van der Waals surface area contributed by atoms with E-state index in [2.05, 4.69) is 17.0 Å². The zero-order chi connectivity index (χ0) is 26.4. The van der Waals surface area contributed by atoms with E-state index in [0.717, 1.165) is 29.3 Å². The second kappa shape index (κ2) is 9.81. The first-order valence-corrected chi connectivity index (χ1v) is 13.4. The Morgan fingerprint density at radius 3 is 2.61 bits per heavy atom. The maximum absolute atomic E-state index is 13.8. The van der Waals surface area contributed by atoms with Crippen molar-refractivity contribution in [1.29, 1.82) is 0 Å². The molecule has 0 spiro atoms. The van der Waals surface area contributed by atoms with Gasteiger partial charge in [-0.2, -0.15) is 0 Å². The molecule has 0 atom stereocenters. The molecule has 0 saturated carbocycles. The maximum Gasteiger partial charge on any atom is 0.267 e. The number of hydrogen-bond acceptors (Lipinski definition) is 6. The van der Waals surface area contributed by atoms with Gasteiger partial charge in [-0.05, 0) is 59.9 Å². The Balaban J connectivity index is 1.43.